The van der Waals surface area contributed by atoms with Gasteiger partial charge in [-0.2, -0.15) is 0 Å². The van der Waals surface area contributed by atoms with Gasteiger partial charge in [-0.05, 0) is 36.0 Å². The van der Waals surface area contributed by atoms with Crippen molar-refractivity contribution >= 4 is 11.5 Å². The largest absolute Gasteiger partial charge is 0.478 e. The zero-order valence-electron chi connectivity index (χ0n) is 8.81. The van der Waals surface area contributed by atoms with E-state index in [9.17, 15) is 4.79 Å². The molecule has 0 bridgehead atoms. The Bertz CT molecular complexity index is 400. The fourth-order valence-electron chi connectivity index (χ4n) is 1.96. The quantitative estimate of drug-likeness (QED) is 0.769. The van der Waals surface area contributed by atoms with E-state index >= 15 is 0 Å². The molecule has 0 spiro atoms. The van der Waals surface area contributed by atoms with Gasteiger partial charge < -0.3 is 9.67 Å². The summed E-state index contributed by atoms with van der Waals surface area (Å²) >= 11 is 0. The third-order valence-corrected chi connectivity index (χ3v) is 2.99. The van der Waals surface area contributed by atoms with Gasteiger partial charge in [-0.3, -0.25) is 0 Å². The first-order valence-corrected chi connectivity index (χ1v) is 5.23. The highest BCUT2D eigenvalue weighted by Gasteiger charge is 2.23. The van der Waals surface area contributed by atoms with Crippen molar-refractivity contribution in [2.75, 3.05) is 0 Å². The van der Waals surface area contributed by atoms with Gasteiger partial charge in [0, 0.05) is 25.5 Å². The molecule has 80 valence electrons. The van der Waals surface area contributed by atoms with Crippen LogP contribution >= 0.6 is 0 Å². The second-order valence-corrected chi connectivity index (χ2v) is 4.13. The SMILES string of the molecule is Cn1ccc(/C(=C/C(=O)O)C2CCC2)c1. The molecule has 1 aliphatic carbocycles. The molecule has 15 heavy (non-hydrogen) atoms. The van der Waals surface area contributed by atoms with E-state index in [-0.39, 0.29) is 0 Å². The molecule has 0 amide bonds. The summed E-state index contributed by atoms with van der Waals surface area (Å²) in [5.74, 6) is -0.399. The summed E-state index contributed by atoms with van der Waals surface area (Å²) in [4.78, 5) is 10.8. The van der Waals surface area contributed by atoms with Crippen LogP contribution in [0.25, 0.3) is 5.57 Å². The van der Waals surface area contributed by atoms with E-state index in [0.717, 1.165) is 24.0 Å². The number of carboxylic acids is 1. The number of aliphatic carboxylic acids is 1. The van der Waals surface area contributed by atoms with E-state index < -0.39 is 5.97 Å². The van der Waals surface area contributed by atoms with Gasteiger partial charge >= 0.3 is 5.97 Å². The van der Waals surface area contributed by atoms with Gasteiger partial charge in [-0.25, -0.2) is 4.79 Å². The first-order chi connectivity index (χ1) is 7.16. The Morgan fingerprint density at radius 2 is 2.33 bits per heavy atom. The minimum atomic E-state index is -0.847. The summed E-state index contributed by atoms with van der Waals surface area (Å²) in [5.41, 5.74) is 2.03. The van der Waals surface area contributed by atoms with Crippen LogP contribution in [0, 0.1) is 5.92 Å². The Morgan fingerprint density at radius 1 is 1.60 bits per heavy atom. The van der Waals surface area contributed by atoms with Gasteiger partial charge in [0.2, 0.25) is 0 Å². The predicted molar refractivity (Wildman–Crippen MR) is 58.4 cm³/mol. The Morgan fingerprint density at radius 3 is 2.73 bits per heavy atom. The minimum Gasteiger partial charge on any atom is -0.478 e. The van der Waals surface area contributed by atoms with Crippen molar-refractivity contribution in [3.8, 4) is 0 Å². The second kappa shape index (κ2) is 3.93. The number of hydrogen-bond acceptors (Lipinski definition) is 1. The summed E-state index contributed by atoms with van der Waals surface area (Å²) in [5, 5.41) is 8.84. The summed E-state index contributed by atoms with van der Waals surface area (Å²) < 4.78 is 1.95. The smallest absolute Gasteiger partial charge is 0.328 e. The molecule has 1 aromatic heterocycles. The molecule has 0 saturated heterocycles. The Balaban J connectivity index is 2.29. The van der Waals surface area contributed by atoms with E-state index in [1.165, 1.54) is 12.5 Å². The molecule has 1 aliphatic rings. The van der Waals surface area contributed by atoms with Crippen LogP contribution in [-0.2, 0) is 11.8 Å². The van der Waals surface area contributed by atoms with Crippen LogP contribution in [0.1, 0.15) is 24.8 Å². The van der Waals surface area contributed by atoms with Crippen molar-refractivity contribution in [3.63, 3.8) is 0 Å². The van der Waals surface area contributed by atoms with Crippen molar-refractivity contribution in [3.05, 3.63) is 30.1 Å². The number of carboxylic acid groups (broad SMARTS) is 1. The van der Waals surface area contributed by atoms with E-state index in [4.69, 9.17) is 5.11 Å². The Hall–Kier alpha value is -1.51. The van der Waals surface area contributed by atoms with E-state index in [2.05, 4.69) is 0 Å². The lowest BCUT2D eigenvalue weighted by molar-refractivity contribution is -0.131. The molecular formula is C12H15NO2. The fourth-order valence-corrected chi connectivity index (χ4v) is 1.96. The molecule has 2 rings (SSSR count). The monoisotopic (exact) mass is 205 g/mol. The number of nitrogens with zero attached hydrogens (tertiary/aromatic N) is 1. The normalized spacial score (nSPS) is 17.5. The molecule has 1 fully saturated rings. The molecule has 0 aliphatic heterocycles. The molecule has 3 heteroatoms. The molecule has 3 nitrogen and oxygen atoms in total. The first kappa shape index (κ1) is 10.0. The standard InChI is InChI=1S/C12H15NO2/c1-13-6-5-10(8-13)11(7-12(14)15)9-3-2-4-9/h5-9H,2-4H2,1H3,(H,14,15)/b11-7+. The molecule has 0 radical (unpaired) electrons. The van der Waals surface area contributed by atoms with Crippen LogP contribution in [0.3, 0.4) is 0 Å². The molecule has 1 saturated carbocycles. The highest BCUT2D eigenvalue weighted by molar-refractivity contribution is 5.90. The van der Waals surface area contributed by atoms with Crippen LogP contribution < -0.4 is 0 Å². The van der Waals surface area contributed by atoms with Gasteiger partial charge in [-0.1, -0.05) is 6.42 Å². The van der Waals surface area contributed by atoms with Crippen molar-refractivity contribution in [1.82, 2.24) is 4.57 Å². The summed E-state index contributed by atoms with van der Waals surface area (Å²) in [7, 11) is 1.95. The second-order valence-electron chi connectivity index (χ2n) is 4.13. The zero-order valence-corrected chi connectivity index (χ0v) is 8.81. The van der Waals surface area contributed by atoms with Crippen molar-refractivity contribution in [2.24, 2.45) is 13.0 Å². The average molecular weight is 205 g/mol. The number of hydrogen-bond donors (Lipinski definition) is 1. The van der Waals surface area contributed by atoms with Crippen molar-refractivity contribution in [1.29, 1.82) is 0 Å². The maximum absolute atomic E-state index is 10.8. The van der Waals surface area contributed by atoms with E-state index in [1.807, 2.05) is 30.1 Å². The number of carbonyl (C=O) groups is 1. The van der Waals surface area contributed by atoms with Crippen LogP contribution in [0.15, 0.2) is 24.5 Å². The van der Waals surface area contributed by atoms with Crippen LogP contribution in [-0.4, -0.2) is 15.6 Å². The number of allylic oxidation sites excluding steroid dienone is 1. The maximum Gasteiger partial charge on any atom is 0.328 e. The lowest BCUT2D eigenvalue weighted by Crippen LogP contribution is -2.13. The molecule has 0 aromatic carbocycles. The lowest BCUT2D eigenvalue weighted by atomic mass is 9.77. The summed E-state index contributed by atoms with van der Waals surface area (Å²) in [6.45, 7) is 0. The maximum atomic E-state index is 10.8. The van der Waals surface area contributed by atoms with Crippen molar-refractivity contribution < 1.29 is 9.90 Å². The molecule has 0 atom stereocenters. The minimum absolute atomic E-state index is 0.448. The third kappa shape index (κ3) is 2.12. The number of aryl methyl sites for hydroxylation is 1. The lowest BCUT2D eigenvalue weighted by Gasteiger charge is -2.27. The topological polar surface area (TPSA) is 42.2 Å². The highest BCUT2D eigenvalue weighted by Crippen LogP contribution is 2.38. The van der Waals surface area contributed by atoms with Gasteiger partial charge in [0.15, 0.2) is 0 Å². The fraction of sp³-hybridized carbons (Fsp3) is 0.417. The molecule has 1 N–H and O–H groups in total. The molecule has 1 heterocycles. The molecule has 1 aromatic rings. The summed E-state index contributed by atoms with van der Waals surface area (Å²) in [6, 6.07) is 1.98. The number of rotatable bonds is 3. The van der Waals surface area contributed by atoms with Crippen molar-refractivity contribution in [2.45, 2.75) is 19.3 Å². The van der Waals surface area contributed by atoms with Gasteiger partial charge in [0.05, 0.1) is 0 Å². The van der Waals surface area contributed by atoms with E-state index in [0.29, 0.717) is 5.92 Å². The van der Waals surface area contributed by atoms with Gasteiger partial charge in [-0.15, -0.1) is 0 Å². The average Bonchev–Trinajstić information content (AvgIpc) is 2.46. The molecular weight excluding hydrogens is 190 g/mol. The highest BCUT2D eigenvalue weighted by atomic mass is 16.4. The number of aromatic nitrogens is 1. The Kier molecular flexibility index (Phi) is 2.62. The van der Waals surface area contributed by atoms with Crippen LogP contribution in [0.5, 0.6) is 0 Å². The first-order valence-electron chi connectivity index (χ1n) is 5.23. The van der Waals surface area contributed by atoms with Gasteiger partial charge in [0.25, 0.3) is 0 Å². The van der Waals surface area contributed by atoms with E-state index in [1.54, 1.807) is 0 Å². The van der Waals surface area contributed by atoms with Crippen LogP contribution in [0.4, 0.5) is 0 Å². The summed E-state index contributed by atoms with van der Waals surface area (Å²) in [6.07, 6.45) is 8.74. The Labute approximate surface area is 89.0 Å². The van der Waals surface area contributed by atoms with Gasteiger partial charge in [0.1, 0.15) is 0 Å². The zero-order chi connectivity index (χ0) is 10.8. The predicted octanol–water partition coefficient (Wildman–Crippen LogP) is 2.29. The molecule has 0 unspecified atom stereocenters. The third-order valence-electron chi connectivity index (χ3n) is 2.99. The van der Waals surface area contributed by atoms with Crippen LogP contribution in [0.2, 0.25) is 0 Å².